The lowest BCUT2D eigenvalue weighted by atomic mass is 10.3. The number of aromatic nitrogens is 5. The SMILES string of the molecule is O=c1cc(CSc2nc(C3CC3)n(-c3ccccc3)n2)nc2ccc(Br)cn12. The molecule has 1 aromatic carbocycles. The second-order valence-electron chi connectivity index (χ2n) is 6.72. The number of pyridine rings is 1. The van der Waals surface area contributed by atoms with Gasteiger partial charge in [-0.3, -0.25) is 9.20 Å². The van der Waals surface area contributed by atoms with Crippen LogP contribution in [-0.2, 0) is 5.75 Å². The van der Waals surface area contributed by atoms with E-state index in [1.165, 1.54) is 16.2 Å². The van der Waals surface area contributed by atoms with Crippen LogP contribution in [0.2, 0.25) is 0 Å². The van der Waals surface area contributed by atoms with Crippen molar-refractivity contribution in [2.24, 2.45) is 0 Å². The molecule has 1 saturated carbocycles. The van der Waals surface area contributed by atoms with Gasteiger partial charge in [0.05, 0.1) is 11.4 Å². The molecule has 0 N–H and O–H groups in total. The van der Waals surface area contributed by atoms with E-state index >= 15 is 0 Å². The standard InChI is InChI=1S/C20H16BrN5OS/c21-14-8-9-17-22-15(10-18(27)25(17)11-14)12-28-20-23-19(13-6-7-13)26(24-20)16-4-2-1-3-5-16/h1-5,8-11,13H,6-7,12H2. The molecule has 3 heterocycles. The van der Waals surface area contributed by atoms with Gasteiger partial charge in [-0.25, -0.2) is 14.6 Å². The smallest absolute Gasteiger partial charge is 0.258 e. The van der Waals surface area contributed by atoms with E-state index in [0.717, 1.165) is 34.5 Å². The Balaban J connectivity index is 1.42. The number of rotatable bonds is 5. The number of thioether (sulfide) groups is 1. The predicted molar refractivity (Wildman–Crippen MR) is 112 cm³/mol. The van der Waals surface area contributed by atoms with Crippen LogP contribution < -0.4 is 5.56 Å². The Hall–Kier alpha value is -2.45. The zero-order valence-electron chi connectivity index (χ0n) is 14.8. The zero-order valence-corrected chi connectivity index (χ0v) is 17.2. The highest BCUT2D eigenvalue weighted by Crippen LogP contribution is 2.40. The Labute approximate surface area is 173 Å². The van der Waals surface area contributed by atoms with Gasteiger partial charge in [-0.2, -0.15) is 0 Å². The summed E-state index contributed by atoms with van der Waals surface area (Å²) >= 11 is 4.89. The van der Waals surface area contributed by atoms with Gasteiger partial charge in [0, 0.05) is 28.4 Å². The lowest BCUT2D eigenvalue weighted by Crippen LogP contribution is -2.15. The van der Waals surface area contributed by atoms with E-state index < -0.39 is 0 Å². The van der Waals surface area contributed by atoms with Gasteiger partial charge < -0.3 is 0 Å². The van der Waals surface area contributed by atoms with E-state index in [2.05, 4.69) is 20.9 Å². The Morgan fingerprint density at radius 3 is 2.71 bits per heavy atom. The summed E-state index contributed by atoms with van der Waals surface area (Å²) in [5.74, 6) is 2.05. The van der Waals surface area contributed by atoms with Crippen LogP contribution in [0.15, 0.2) is 69.2 Å². The predicted octanol–water partition coefficient (Wildman–Crippen LogP) is 4.21. The van der Waals surface area contributed by atoms with E-state index in [9.17, 15) is 4.79 Å². The van der Waals surface area contributed by atoms with Crippen molar-refractivity contribution in [1.82, 2.24) is 24.1 Å². The van der Waals surface area contributed by atoms with Crippen molar-refractivity contribution in [3.8, 4) is 5.69 Å². The Morgan fingerprint density at radius 1 is 1.11 bits per heavy atom. The molecule has 1 fully saturated rings. The topological polar surface area (TPSA) is 65.1 Å². The molecule has 0 amide bonds. The lowest BCUT2D eigenvalue weighted by Gasteiger charge is -2.04. The third-order valence-corrected chi connectivity index (χ3v) is 5.92. The second kappa shape index (κ2) is 7.18. The van der Waals surface area contributed by atoms with Gasteiger partial charge in [0.25, 0.3) is 5.56 Å². The number of para-hydroxylation sites is 1. The molecule has 0 bridgehead atoms. The third-order valence-electron chi connectivity index (χ3n) is 4.58. The molecule has 0 atom stereocenters. The van der Waals surface area contributed by atoms with Gasteiger partial charge >= 0.3 is 0 Å². The van der Waals surface area contributed by atoms with E-state index in [1.54, 1.807) is 12.3 Å². The molecule has 4 aromatic rings. The van der Waals surface area contributed by atoms with Crippen molar-refractivity contribution in [3.05, 3.63) is 81.1 Å². The normalized spacial score (nSPS) is 13.9. The summed E-state index contributed by atoms with van der Waals surface area (Å²) in [6.45, 7) is 0. The van der Waals surface area contributed by atoms with Crippen LogP contribution in [0.3, 0.4) is 0 Å². The van der Waals surface area contributed by atoms with E-state index in [1.807, 2.05) is 47.1 Å². The van der Waals surface area contributed by atoms with Gasteiger partial charge in [0.1, 0.15) is 11.5 Å². The molecule has 5 rings (SSSR count). The molecular weight excluding hydrogens is 438 g/mol. The average Bonchev–Trinajstić information content (AvgIpc) is 3.47. The Morgan fingerprint density at radius 2 is 1.93 bits per heavy atom. The van der Waals surface area contributed by atoms with Gasteiger partial charge in [-0.15, -0.1) is 5.10 Å². The molecule has 1 aliphatic carbocycles. The molecule has 1 aliphatic rings. The van der Waals surface area contributed by atoms with Crippen LogP contribution in [0.4, 0.5) is 0 Å². The van der Waals surface area contributed by atoms with E-state index in [4.69, 9.17) is 10.1 Å². The fraction of sp³-hybridized carbons (Fsp3) is 0.200. The number of halogens is 1. The summed E-state index contributed by atoms with van der Waals surface area (Å²) in [4.78, 5) is 21.7. The molecule has 0 spiro atoms. The minimum atomic E-state index is -0.0941. The molecule has 0 radical (unpaired) electrons. The van der Waals surface area contributed by atoms with Crippen LogP contribution in [0.5, 0.6) is 0 Å². The van der Waals surface area contributed by atoms with Gasteiger partial charge in [-0.1, -0.05) is 30.0 Å². The monoisotopic (exact) mass is 453 g/mol. The van der Waals surface area contributed by atoms with Crippen LogP contribution in [-0.4, -0.2) is 24.1 Å². The highest BCUT2D eigenvalue weighted by atomic mass is 79.9. The minimum absolute atomic E-state index is 0.0941. The fourth-order valence-electron chi connectivity index (χ4n) is 3.07. The first-order valence-electron chi connectivity index (χ1n) is 9.00. The highest BCUT2D eigenvalue weighted by molar-refractivity contribution is 9.10. The number of hydrogen-bond acceptors (Lipinski definition) is 5. The fourth-order valence-corrected chi connectivity index (χ4v) is 4.13. The number of benzene rings is 1. The summed E-state index contributed by atoms with van der Waals surface area (Å²) in [5.41, 5.74) is 2.29. The molecule has 140 valence electrons. The molecule has 8 heteroatoms. The second-order valence-corrected chi connectivity index (χ2v) is 8.58. The summed E-state index contributed by atoms with van der Waals surface area (Å²) < 4.78 is 4.32. The summed E-state index contributed by atoms with van der Waals surface area (Å²) in [6, 6.07) is 15.4. The first-order chi connectivity index (χ1) is 13.7. The van der Waals surface area contributed by atoms with Crippen LogP contribution >= 0.6 is 27.7 Å². The first-order valence-corrected chi connectivity index (χ1v) is 10.8. The lowest BCUT2D eigenvalue weighted by molar-refractivity contribution is 0.782. The summed E-state index contributed by atoms with van der Waals surface area (Å²) in [6.07, 6.45) is 4.05. The quantitative estimate of drug-likeness (QED) is 0.423. The number of hydrogen-bond donors (Lipinski definition) is 0. The van der Waals surface area contributed by atoms with Gasteiger partial charge in [0.15, 0.2) is 0 Å². The van der Waals surface area contributed by atoms with E-state index in [0.29, 0.717) is 22.5 Å². The molecule has 6 nitrogen and oxygen atoms in total. The molecular formula is C20H16BrN5OS. The van der Waals surface area contributed by atoms with Crippen molar-refractivity contribution in [2.45, 2.75) is 29.7 Å². The molecule has 28 heavy (non-hydrogen) atoms. The van der Waals surface area contributed by atoms with Crippen molar-refractivity contribution in [3.63, 3.8) is 0 Å². The highest BCUT2D eigenvalue weighted by Gasteiger charge is 2.30. The first kappa shape index (κ1) is 17.6. The largest absolute Gasteiger partial charge is 0.269 e. The molecule has 0 aliphatic heterocycles. The van der Waals surface area contributed by atoms with Gasteiger partial charge in [-0.05, 0) is 53.0 Å². The maximum Gasteiger partial charge on any atom is 0.258 e. The summed E-state index contributed by atoms with van der Waals surface area (Å²) in [5, 5.41) is 5.42. The van der Waals surface area contributed by atoms with Crippen molar-refractivity contribution in [1.29, 1.82) is 0 Å². The third kappa shape index (κ3) is 3.49. The van der Waals surface area contributed by atoms with Crippen molar-refractivity contribution < 1.29 is 0 Å². The maximum atomic E-state index is 12.4. The van der Waals surface area contributed by atoms with Gasteiger partial charge in [0.2, 0.25) is 5.16 Å². The maximum absolute atomic E-state index is 12.4. The van der Waals surface area contributed by atoms with Crippen LogP contribution in [0.1, 0.15) is 30.3 Å². The molecule has 0 unspecified atom stereocenters. The van der Waals surface area contributed by atoms with Crippen LogP contribution in [0, 0.1) is 0 Å². The Bertz CT molecular complexity index is 1220. The van der Waals surface area contributed by atoms with Crippen molar-refractivity contribution in [2.75, 3.05) is 0 Å². The zero-order chi connectivity index (χ0) is 19.1. The number of nitrogens with zero attached hydrogens (tertiary/aromatic N) is 5. The molecule has 3 aromatic heterocycles. The minimum Gasteiger partial charge on any atom is -0.269 e. The number of fused-ring (bicyclic) bond motifs is 1. The summed E-state index contributed by atoms with van der Waals surface area (Å²) in [7, 11) is 0. The average molecular weight is 454 g/mol. The van der Waals surface area contributed by atoms with E-state index in [-0.39, 0.29) is 5.56 Å². The Kier molecular flexibility index (Phi) is 4.52. The van der Waals surface area contributed by atoms with Crippen molar-refractivity contribution >= 4 is 33.3 Å². The van der Waals surface area contributed by atoms with Crippen LogP contribution in [0.25, 0.3) is 11.3 Å². The molecule has 0 saturated heterocycles.